The highest BCUT2D eigenvalue weighted by atomic mass is 16.1. The van der Waals surface area contributed by atoms with Crippen LogP contribution in [0.15, 0.2) is 11.3 Å². The second-order valence-corrected chi connectivity index (χ2v) is 2.47. The van der Waals surface area contributed by atoms with Gasteiger partial charge >= 0.3 is 0 Å². The van der Waals surface area contributed by atoms with Crippen molar-refractivity contribution in [3.63, 3.8) is 0 Å². The average molecular weight is 142 g/mol. The lowest BCUT2D eigenvalue weighted by Crippen LogP contribution is -2.18. The summed E-state index contributed by atoms with van der Waals surface area (Å²) in [7, 11) is 3.75. The molecule has 0 aliphatic carbocycles. The van der Waals surface area contributed by atoms with Gasteiger partial charge in [-0.25, -0.2) is 0 Å². The minimum absolute atomic E-state index is 0.355. The Kier molecular flexibility index (Phi) is 2.93. The Balaban J connectivity index is 4.50. The first kappa shape index (κ1) is 9.01. The second kappa shape index (κ2) is 3.25. The molecule has 0 radical (unpaired) electrons. The molecule has 58 valence electrons. The third kappa shape index (κ3) is 2.09. The predicted octanol–water partition coefficient (Wildman–Crippen LogP) is 0.327. The maximum absolute atomic E-state index is 10.6. The van der Waals surface area contributed by atoms with Gasteiger partial charge in [-0.1, -0.05) is 0 Å². The molecule has 0 atom stereocenters. The number of rotatable bonds is 2. The van der Waals surface area contributed by atoms with E-state index in [0.29, 0.717) is 5.57 Å². The smallest absolute Gasteiger partial charge is 0.246 e. The fourth-order valence-electron chi connectivity index (χ4n) is 0.514. The summed E-state index contributed by atoms with van der Waals surface area (Å²) in [5.41, 5.74) is 6.58. The zero-order valence-corrected chi connectivity index (χ0v) is 6.93. The van der Waals surface area contributed by atoms with Crippen LogP contribution in [-0.4, -0.2) is 24.9 Å². The van der Waals surface area contributed by atoms with Crippen molar-refractivity contribution in [1.82, 2.24) is 4.90 Å². The molecule has 0 heterocycles. The maximum atomic E-state index is 10.6. The summed E-state index contributed by atoms with van der Waals surface area (Å²) in [6, 6.07) is 0. The van der Waals surface area contributed by atoms with Crippen molar-refractivity contribution < 1.29 is 4.79 Å². The lowest BCUT2D eigenvalue weighted by molar-refractivity contribution is -0.114. The van der Waals surface area contributed by atoms with Crippen LogP contribution in [0.3, 0.4) is 0 Å². The molecule has 0 bridgehead atoms. The number of carbonyl (C=O) groups excluding carboxylic acids is 1. The van der Waals surface area contributed by atoms with Gasteiger partial charge in [-0.15, -0.1) is 0 Å². The van der Waals surface area contributed by atoms with Crippen molar-refractivity contribution >= 4 is 5.91 Å². The Morgan fingerprint density at radius 2 is 1.70 bits per heavy atom. The molecule has 0 aromatic rings. The van der Waals surface area contributed by atoms with Gasteiger partial charge in [0.25, 0.3) is 0 Å². The molecular weight excluding hydrogens is 128 g/mol. The van der Waals surface area contributed by atoms with Crippen LogP contribution in [0.2, 0.25) is 0 Å². The van der Waals surface area contributed by atoms with Crippen molar-refractivity contribution in [2.75, 3.05) is 14.1 Å². The van der Waals surface area contributed by atoms with Gasteiger partial charge < -0.3 is 10.6 Å². The van der Waals surface area contributed by atoms with E-state index in [9.17, 15) is 4.79 Å². The lowest BCUT2D eigenvalue weighted by Gasteiger charge is -2.14. The fourth-order valence-corrected chi connectivity index (χ4v) is 0.514. The van der Waals surface area contributed by atoms with Crippen LogP contribution in [0.4, 0.5) is 0 Å². The third-order valence-electron chi connectivity index (χ3n) is 1.58. The minimum atomic E-state index is -0.355. The molecule has 0 unspecified atom stereocenters. The van der Waals surface area contributed by atoms with E-state index in [1.165, 1.54) is 0 Å². The predicted molar refractivity (Wildman–Crippen MR) is 41.3 cm³/mol. The standard InChI is InChI=1S/C7H14N2O/c1-5(7(8)10)6(2)9(3)4/h1-4H3,(H2,8,10). The van der Waals surface area contributed by atoms with Gasteiger partial charge in [-0.3, -0.25) is 4.79 Å². The zero-order chi connectivity index (χ0) is 8.31. The quantitative estimate of drug-likeness (QED) is 0.565. The van der Waals surface area contributed by atoms with Gasteiger partial charge in [0, 0.05) is 25.4 Å². The van der Waals surface area contributed by atoms with Gasteiger partial charge in [0.15, 0.2) is 0 Å². The van der Waals surface area contributed by atoms with Crippen LogP contribution >= 0.6 is 0 Å². The number of hydrogen-bond donors (Lipinski definition) is 1. The van der Waals surface area contributed by atoms with Crippen molar-refractivity contribution in [2.45, 2.75) is 13.8 Å². The highest BCUT2D eigenvalue weighted by Gasteiger charge is 2.03. The summed E-state index contributed by atoms with van der Waals surface area (Å²) in [6.45, 7) is 3.58. The zero-order valence-electron chi connectivity index (χ0n) is 6.93. The van der Waals surface area contributed by atoms with Gasteiger partial charge in [-0.2, -0.15) is 0 Å². The summed E-state index contributed by atoms with van der Waals surface area (Å²) in [5, 5.41) is 0. The molecule has 0 spiro atoms. The molecule has 10 heavy (non-hydrogen) atoms. The molecule has 0 saturated heterocycles. The van der Waals surface area contributed by atoms with Crippen LogP contribution in [-0.2, 0) is 4.79 Å². The highest BCUT2D eigenvalue weighted by molar-refractivity contribution is 5.91. The maximum Gasteiger partial charge on any atom is 0.246 e. The van der Waals surface area contributed by atoms with E-state index >= 15 is 0 Å². The van der Waals surface area contributed by atoms with E-state index in [1.54, 1.807) is 6.92 Å². The van der Waals surface area contributed by atoms with Crippen LogP contribution in [0, 0.1) is 0 Å². The fraction of sp³-hybridized carbons (Fsp3) is 0.571. The Bertz CT molecular complexity index is 170. The molecule has 0 fully saturated rings. The lowest BCUT2D eigenvalue weighted by atomic mass is 10.2. The molecule has 1 amide bonds. The Hall–Kier alpha value is -0.990. The Morgan fingerprint density at radius 3 is 1.80 bits per heavy atom. The number of primary amides is 1. The number of carbonyl (C=O) groups is 1. The molecule has 3 heteroatoms. The molecule has 0 aromatic carbocycles. The van der Waals surface area contributed by atoms with Gasteiger partial charge in [0.1, 0.15) is 0 Å². The van der Waals surface area contributed by atoms with Crippen LogP contribution < -0.4 is 5.73 Å². The van der Waals surface area contributed by atoms with E-state index in [0.717, 1.165) is 5.70 Å². The average Bonchev–Trinajstić information content (AvgIpc) is 1.84. The number of nitrogens with two attached hydrogens (primary N) is 1. The minimum Gasteiger partial charge on any atom is -0.381 e. The van der Waals surface area contributed by atoms with Gasteiger partial charge in [0.05, 0.1) is 0 Å². The van der Waals surface area contributed by atoms with Gasteiger partial charge in [0.2, 0.25) is 5.91 Å². The van der Waals surface area contributed by atoms with Crippen LogP contribution in [0.1, 0.15) is 13.8 Å². The molecule has 0 aliphatic rings. The summed E-state index contributed by atoms with van der Waals surface area (Å²) in [5.74, 6) is -0.355. The Labute approximate surface area is 61.5 Å². The van der Waals surface area contributed by atoms with Crippen molar-refractivity contribution in [2.24, 2.45) is 5.73 Å². The molecule has 0 rings (SSSR count). The van der Waals surface area contributed by atoms with E-state index in [2.05, 4.69) is 0 Å². The van der Waals surface area contributed by atoms with E-state index < -0.39 is 0 Å². The normalized spacial score (nSPS) is 12.4. The van der Waals surface area contributed by atoms with Crippen molar-refractivity contribution in [3.8, 4) is 0 Å². The SMILES string of the molecule is CC(C(N)=O)=C(C)N(C)C. The topological polar surface area (TPSA) is 46.3 Å². The summed E-state index contributed by atoms with van der Waals surface area (Å²) < 4.78 is 0. The molecular formula is C7H14N2O. The number of amides is 1. The van der Waals surface area contributed by atoms with Crippen LogP contribution in [0.25, 0.3) is 0 Å². The largest absolute Gasteiger partial charge is 0.381 e. The second-order valence-electron chi connectivity index (χ2n) is 2.47. The summed E-state index contributed by atoms with van der Waals surface area (Å²) >= 11 is 0. The third-order valence-corrected chi connectivity index (χ3v) is 1.58. The molecule has 3 nitrogen and oxygen atoms in total. The van der Waals surface area contributed by atoms with Crippen molar-refractivity contribution in [3.05, 3.63) is 11.3 Å². The van der Waals surface area contributed by atoms with E-state index in [1.807, 2.05) is 25.9 Å². The molecule has 0 aromatic heterocycles. The first-order valence-electron chi connectivity index (χ1n) is 3.11. The molecule has 0 aliphatic heterocycles. The number of hydrogen-bond acceptors (Lipinski definition) is 2. The summed E-state index contributed by atoms with van der Waals surface area (Å²) in [6.07, 6.45) is 0. The Morgan fingerprint density at radius 1 is 1.30 bits per heavy atom. The molecule has 0 saturated carbocycles. The van der Waals surface area contributed by atoms with E-state index in [4.69, 9.17) is 5.73 Å². The van der Waals surface area contributed by atoms with Gasteiger partial charge in [-0.05, 0) is 13.8 Å². The van der Waals surface area contributed by atoms with E-state index in [-0.39, 0.29) is 5.91 Å². The summed E-state index contributed by atoms with van der Waals surface area (Å²) in [4.78, 5) is 12.4. The monoisotopic (exact) mass is 142 g/mol. The molecule has 2 N–H and O–H groups in total. The van der Waals surface area contributed by atoms with Crippen LogP contribution in [0.5, 0.6) is 0 Å². The van der Waals surface area contributed by atoms with Crippen molar-refractivity contribution in [1.29, 1.82) is 0 Å². The highest BCUT2D eigenvalue weighted by Crippen LogP contribution is 2.03. The number of nitrogens with zero attached hydrogens (tertiary/aromatic N) is 1. The number of allylic oxidation sites excluding steroid dienone is 1. The first-order chi connectivity index (χ1) is 4.46. The first-order valence-corrected chi connectivity index (χ1v) is 3.11.